The second-order valence-corrected chi connectivity index (χ2v) is 3.09. The SMILES string of the molecule is C=CN[C@]1(C(=O)OCC)C[C@H]1C=C. The van der Waals surface area contributed by atoms with Crippen molar-refractivity contribution in [3.8, 4) is 0 Å². The van der Waals surface area contributed by atoms with E-state index in [9.17, 15) is 4.79 Å². The van der Waals surface area contributed by atoms with Gasteiger partial charge in [0.25, 0.3) is 0 Å². The lowest BCUT2D eigenvalue weighted by Crippen LogP contribution is -2.39. The van der Waals surface area contributed by atoms with Gasteiger partial charge >= 0.3 is 5.97 Å². The third-order valence-electron chi connectivity index (χ3n) is 2.30. The molecule has 2 atom stereocenters. The lowest BCUT2D eigenvalue weighted by Gasteiger charge is -2.14. The van der Waals surface area contributed by atoms with Crippen molar-refractivity contribution in [2.45, 2.75) is 18.9 Å². The van der Waals surface area contributed by atoms with Crippen LogP contribution < -0.4 is 5.32 Å². The molecule has 0 aromatic heterocycles. The molecule has 1 N–H and O–H groups in total. The van der Waals surface area contributed by atoms with E-state index in [1.807, 2.05) is 0 Å². The minimum absolute atomic E-state index is 0.171. The van der Waals surface area contributed by atoms with Gasteiger partial charge < -0.3 is 10.1 Å². The maximum atomic E-state index is 11.5. The largest absolute Gasteiger partial charge is 0.464 e. The molecule has 0 unspecified atom stereocenters. The predicted octanol–water partition coefficient (Wildman–Crippen LogP) is 1.23. The molecule has 3 nitrogen and oxygen atoms in total. The van der Waals surface area contributed by atoms with E-state index in [-0.39, 0.29) is 11.9 Å². The summed E-state index contributed by atoms with van der Waals surface area (Å²) in [5.41, 5.74) is -0.570. The minimum atomic E-state index is -0.570. The number of hydrogen-bond acceptors (Lipinski definition) is 3. The fourth-order valence-electron chi connectivity index (χ4n) is 1.47. The van der Waals surface area contributed by atoms with Gasteiger partial charge in [-0.05, 0) is 19.5 Å². The van der Waals surface area contributed by atoms with Gasteiger partial charge in [0.05, 0.1) is 6.61 Å². The Bertz CT molecular complexity index is 237. The molecule has 0 bridgehead atoms. The molecule has 0 heterocycles. The Kier molecular flexibility index (Phi) is 2.76. The van der Waals surface area contributed by atoms with Crippen LogP contribution in [0.3, 0.4) is 0 Å². The molecule has 72 valence electrons. The van der Waals surface area contributed by atoms with Gasteiger partial charge in [0.15, 0.2) is 0 Å². The summed E-state index contributed by atoms with van der Waals surface area (Å²) in [4.78, 5) is 11.5. The number of nitrogens with one attached hydrogen (secondary N) is 1. The summed E-state index contributed by atoms with van der Waals surface area (Å²) >= 11 is 0. The lowest BCUT2D eigenvalue weighted by molar-refractivity contribution is -0.146. The Balaban J connectivity index is 2.64. The number of carbonyl (C=O) groups is 1. The van der Waals surface area contributed by atoms with Crippen molar-refractivity contribution in [3.05, 3.63) is 25.4 Å². The summed E-state index contributed by atoms with van der Waals surface area (Å²) in [5, 5.41) is 2.94. The van der Waals surface area contributed by atoms with Gasteiger partial charge in [-0.2, -0.15) is 0 Å². The first-order chi connectivity index (χ1) is 6.21. The normalized spacial score (nSPS) is 30.4. The van der Waals surface area contributed by atoms with Gasteiger partial charge in [0.1, 0.15) is 5.54 Å². The van der Waals surface area contributed by atoms with Gasteiger partial charge in [-0.1, -0.05) is 12.7 Å². The van der Waals surface area contributed by atoms with Crippen molar-refractivity contribution in [1.82, 2.24) is 5.32 Å². The molecule has 0 saturated heterocycles. The summed E-state index contributed by atoms with van der Waals surface area (Å²) in [6, 6.07) is 0. The second kappa shape index (κ2) is 3.64. The number of rotatable bonds is 5. The van der Waals surface area contributed by atoms with Crippen LogP contribution in [0.25, 0.3) is 0 Å². The predicted molar refractivity (Wildman–Crippen MR) is 51.0 cm³/mol. The van der Waals surface area contributed by atoms with E-state index in [4.69, 9.17) is 4.74 Å². The Labute approximate surface area is 78.5 Å². The average Bonchev–Trinajstić information content (AvgIpc) is 2.81. The molecule has 1 saturated carbocycles. The monoisotopic (exact) mass is 181 g/mol. The number of carbonyl (C=O) groups excluding carboxylic acids is 1. The molecule has 0 radical (unpaired) electrons. The van der Waals surface area contributed by atoms with Crippen LogP contribution in [0.5, 0.6) is 0 Å². The highest BCUT2D eigenvalue weighted by Gasteiger charge is 2.59. The van der Waals surface area contributed by atoms with Crippen LogP contribution in [-0.4, -0.2) is 18.1 Å². The van der Waals surface area contributed by atoms with Crippen molar-refractivity contribution in [2.75, 3.05) is 6.61 Å². The summed E-state index contributed by atoms with van der Waals surface area (Å²) in [6.07, 6.45) is 4.05. The zero-order valence-corrected chi connectivity index (χ0v) is 7.88. The lowest BCUT2D eigenvalue weighted by atomic mass is 10.2. The fraction of sp³-hybridized carbons (Fsp3) is 0.500. The number of ether oxygens (including phenoxy) is 1. The van der Waals surface area contributed by atoms with Gasteiger partial charge in [-0.25, -0.2) is 4.79 Å². The third kappa shape index (κ3) is 1.59. The van der Waals surface area contributed by atoms with Crippen molar-refractivity contribution in [3.63, 3.8) is 0 Å². The maximum absolute atomic E-state index is 11.5. The van der Waals surface area contributed by atoms with Crippen LogP contribution in [0, 0.1) is 5.92 Å². The summed E-state index contributed by atoms with van der Waals surface area (Å²) in [6.45, 7) is 9.41. The maximum Gasteiger partial charge on any atom is 0.332 e. The summed E-state index contributed by atoms with van der Waals surface area (Å²) in [5.74, 6) is -0.0376. The van der Waals surface area contributed by atoms with Crippen LogP contribution in [0.2, 0.25) is 0 Å². The van der Waals surface area contributed by atoms with Gasteiger partial charge in [-0.3, -0.25) is 0 Å². The van der Waals surface area contributed by atoms with Gasteiger partial charge in [-0.15, -0.1) is 6.58 Å². The smallest absolute Gasteiger partial charge is 0.332 e. The Morgan fingerprint density at radius 1 is 1.77 bits per heavy atom. The molecule has 1 aliphatic carbocycles. The van der Waals surface area contributed by atoms with Crippen molar-refractivity contribution < 1.29 is 9.53 Å². The van der Waals surface area contributed by atoms with Crippen LogP contribution in [0.15, 0.2) is 25.4 Å². The van der Waals surface area contributed by atoms with Gasteiger partial charge in [0, 0.05) is 5.92 Å². The van der Waals surface area contributed by atoms with E-state index in [2.05, 4.69) is 18.5 Å². The van der Waals surface area contributed by atoms with E-state index in [0.29, 0.717) is 6.61 Å². The molecule has 0 spiro atoms. The molecule has 1 rings (SSSR count). The molecular formula is C10H15NO2. The molecule has 0 amide bonds. The molecular weight excluding hydrogens is 166 g/mol. The van der Waals surface area contributed by atoms with E-state index in [0.717, 1.165) is 6.42 Å². The second-order valence-electron chi connectivity index (χ2n) is 3.09. The molecule has 1 fully saturated rings. The quantitative estimate of drug-likeness (QED) is 0.512. The standard InChI is InChI=1S/C10H15NO2/c1-4-8-7-10(8,11-5-2)9(12)13-6-3/h4-5,8,11H,1-2,6-7H2,3H3/t8-,10-/m1/s1. The number of esters is 1. The van der Waals surface area contributed by atoms with Crippen LogP contribution in [0.4, 0.5) is 0 Å². The first-order valence-electron chi connectivity index (χ1n) is 4.39. The first kappa shape index (κ1) is 9.84. The Morgan fingerprint density at radius 3 is 2.85 bits per heavy atom. The summed E-state index contributed by atoms with van der Waals surface area (Å²) < 4.78 is 4.96. The highest BCUT2D eigenvalue weighted by molar-refractivity contribution is 5.86. The summed E-state index contributed by atoms with van der Waals surface area (Å²) in [7, 11) is 0. The van der Waals surface area contributed by atoms with Crippen LogP contribution >= 0.6 is 0 Å². The molecule has 0 aromatic carbocycles. The average molecular weight is 181 g/mol. The van der Waals surface area contributed by atoms with Crippen molar-refractivity contribution in [1.29, 1.82) is 0 Å². The molecule has 13 heavy (non-hydrogen) atoms. The van der Waals surface area contributed by atoms with E-state index >= 15 is 0 Å². The van der Waals surface area contributed by atoms with Crippen molar-refractivity contribution in [2.24, 2.45) is 5.92 Å². The van der Waals surface area contributed by atoms with Crippen LogP contribution in [0.1, 0.15) is 13.3 Å². The number of hydrogen-bond donors (Lipinski definition) is 1. The molecule has 1 aliphatic rings. The van der Waals surface area contributed by atoms with E-state index in [1.165, 1.54) is 6.20 Å². The van der Waals surface area contributed by atoms with Crippen LogP contribution in [-0.2, 0) is 9.53 Å². The molecule has 0 aliphatic heterocycles. The van der Waals surface area contributed by atoms with E-state index in [1.54, 1.807) is 13.0 Å². The highest BCUT2D eigenvalue weighted by atomic mass is 16.5. The third-order valence-corrected chi connectivity index (χ3v) is 2.30. The van der Waals surface area contributed by atoms with Crippen molar-refractivity contribution >= 4 is 5.97 Å². The van der Waals surface area contributed by atoms with E-state index < -0.39 is 5.54 Å². The Morgan fingerprint density at radius 2 is 2.46 bits per heavy atom. The van der Waals surface area contributed by atoms with Gasteiger partial charge in [0.2, 0.25) is 0 Å². The zero-order valence-electron chi connectivity index (χ0n) is 7.88. The highest BCUT2D eigenvalue weighted by Crippen LogP contribution is 2.45. The minimum Gasteiger partial charge on any atom is -0.464 e. The fourth-order valence-corrected chi connectivity index (χ4v) is 1.47. The molecule has 0 aromatic rings. The topological polar surface area (TPSA) is 38.3 Å². The molecule has 3 heteroatoms. The Hall–Kier alpha value is -1.25. The first-order valence-corrected chi connectivity index (χ1v) is 4.39. The zero-order chi connectivity index (χ0) is 9.90.